The molecule has 0 unspecified atom stereocenters. The number of hydrogen-bond donors (Lipinski definition) is 2. The van der Waals surface area contributed by atoms with Gasteiger partial charge in [-0.25, -0.2) is 4.98 Å². The lowest BCUT2D eigenvalue weighted by molar-refractivity contribution is 1.04. The summed E-state index contributed by atoms with van der Waals surface area (Å²) in [7, 11) is 0. The van der Waals surface area contributed by atoms with Crippen molar-refractivity contribution in [2.45, 2.75) is 6.42 Å². The van der Waals surface area contributed by atoms with Crippen LogP contribution >= 0.6 is 22.9 Å². The Morgan fingerprint density at radius 1 is 1.38 bits per heavy atom. The Labute approximate surface area is 103 Å². The molecule has 0 bridgehead atoms. The van der Waals surface area contributed by atoms with Crippen molar-refractivity contribution >= 4 is 34.4 Å². The van der Waals surface area contributed by atoms with E-state index in [-0.39, 0.29) is 0 Å². The van der Waals surface area contributed by atoms with Crippen molar-refractivity contribution in [1.29, 1.82) is 0 Å². The topological polar surface area (TPSA) is 50.9 Å². The molecular weight excluding hydrogens is 242 g/mol. The van der Waals surface area contributed by atoms with E-state index >= 15 is 0 Å². The van der Waals surface area contributed by atoms with Crippen molar-refractivity contribution in [3.05, 3.63) is 39.7 Å². The highest BCUT2D eigenvalue weighted by Crippen LogP contribution is 2.21. The van der Waals surface area contributed by atoms with Gasteiger partial charge in [0.1, 0.15) is 5.82 Å². The van der Waals surface area contributed by atoms with Gasteiger partial charge in [-0.3, -0.25) is 0 Å². The molecule has 0 atom stereocenters. The average molecular weight is 254 g/mol. The Hall–Kier alpha value is -1.26. The summed E-state index contributed by atoms with van der Waals surface area (Å²) in [6, 6.07) is 7.70. The standard InChI is InChI=1S/C11H12ClN3S/c12-10-2-1-9(16-10)4-6-14-8-3-5-15-11(13)7-8/h1-3,5,7H,4,6H2,(H3,13,14,15). The number of pyridine rings is 1. The van der Waals surface area contributed by atoms with Crippen LogP contribution < -0.4 is 11.1 Å². The Bertz CT molecular complexity index is 470. The number of thiophene rings is 1. The highest BCUT2D eigenvalue weighted by atomic mass is 35.5. The van der Waals surface area contributed by atoms with Crippen molar-refractivity contribution in [3.8, 4) is 0 Å². The third-order valence-corrected chi connectivity index (χ3v) is 3.40. The Morgan fingerprint density at radius 2 is 2.25 bits per heavy atom. The summed E-state index contributed by atoms with van der Waals surface area (Å²) in [5.41, 5.74) is 6.57. The maximum Gasteiger partial charge on any atom is 0.125 e. The molecule has 0 aromatic carbocycles. The molecule has 0 saturated heterocycles. The zero-order chi connectivity index (χ0) is 11.4. The molecule has 0 spiro atoms. The fourth-order valence-electron chi connectivity index (χ4n) is 1.37. The van der Waals surface area contributed by atoms with Crippen LogP contribution in [0.2, 0.25) is 4.34 Å². The van der Waals surface area contributed by atoms with Gasteiger partial charge in [0.15, 0.2) is 0 Å². The van der Waals surface area contributed by atoms with Gasteiger partial charge in [-0.2, -0.15) is 0 Å². The fourth-order valence-corrected chi connectivity index (χ4v) is 2.46. The van der Waals surface area contributed by atoms with Gasteiger partial charge in [0.05, 0.1) is 4.34 Å². The SMILES string of the molecule is Nc1cc(NCCc2ccc(Cl)s2)ccn1. The summed E-state index contributed by atoms with van der Waals surface area (Å²) in [5.74, 6) is 0.532. The minimum atomic E-state index is 0.532. The third kappa shape index (κ3) is 3.12. The van der Waals surface area contributed by atoms with Gasteiger partial charge in [0, 0.05) is 29.4 Å². The molecule has 0 aliphatic heterocycles. The van der Waals surface area contributed by atoms with Crippen LogP contribution in [-0.2, 0) is 6.42 Å². The molecule has 2 aromatic rings. The van der Waals surface area contributed by atoms with E-state index in [4.69, 9.17) is 17.3 Å². The first-order valence-corrected chi connectivity index (χ1v) is 6.13. The van der Waals surface area contributed by atoms with Gasteiger partial charge in [-0.1, -0.05) is 11.6 Å². The van der Waals surface area contributed by atoms with E-state index in [0.717, 1.165) is 23.0 Å². The zero-order valence-electron chi connectivity index (χ0n) is 8.61. The first kappa shape index (κ1) is 11.2. The van der Waals surface area contributed by atoms with E-state index in [1.165, 1.54) is 4.88 Å². The first-order valence-electron chi connectivity index (χ1n) is 4.93. The number of anilines is 2. The van der Waals surface area contributed by atoms with Crippen molar-refractivity contribution in [2.75, 3.05) is 17.6 Å². The highest BCUT2D eigenvalue weighted by molar-refractivity contribution is 7.16. The van der Waals surface area contributed by atoms with Crippen LogP contribution in [0.4, 0.5) is 11.5 Å². The predicted octanol–water partition coefficient (Wildman–Crippen LogP) is 3.03. The number of nitrogen functional groups attached to an aromatic ring is 1. The molecule has 3 N–H and O–H groups in total. The second kappa shape index (κ2) is 5.18. The van der Waals surface area contributed by atoms with Crippen LogP contribution in [0.5, 0.6) is 0 Å². The number of nitrogens with zero attached hydrogens (tertiary/aromatic N) is 1. The van der Waals surface area contributed by atoms with Gasteiger partial charge < -0.3 is 11.1 Å². The minimum absolute atomic E-state index is 0.532. The summed E-state index contributed by atoms with van der Waals surface area (Å²) in [5, 5.41) is 3.29. The number of nitrogens with one attached hydrogen (secondary N) is 1. The first-order chi connectivity index (χ1) is 7.74. The average Bonchev–Trinajstić information content (AvgIpc) is 2.64. The number of hydrogen-bond acceptors (Lipinski definition) is 4. The molecule has 2 aromatic heterocycles. The van der Waals surface area contributed by atoms with Crippen molar-refractivity contribution in [3.63, 3.8) is 0 Å². The van der Waals surface area contributed by atoms with Crippen molar-refractivity contribution < 1.29 is 0 Å². The minimum Gasteiger partial charge on any atom is -0.385 e. The van der Waals surface area contributed by atoms with E-state index in [0.29, 0.717) is 5.82 Å². The summed E-state index contributed by atoms with van der Waals surface area (Å²) >= 11 is 7.46. The van der Waals surface area contributed by atoms with Crippen LogP contribution in [0.3, 0.4) is 0 Å². The summed E-state index contributed by atoms with van der Waals surface area (Å²) < 4.78 is 0.836. The molecule has 0 fully saturated rings. The van der Waals surface area contributed by atoms with Gasteiger partial charge in [0.25, 0.3) is 0 Å². The van der Waals surface area contributed by atoms with Crippen LogP contribution in [0.15, 0.2) is 30.5 Å². The number of aromatic nitrogens is 1. The molecule has 0 radical (unpaired) electrons. The molecule has 0 saturated carbocycles. The molecule has 5 heteroatoms. The zero-order valence-corrected chi connectivity index (χ0v) is 10.2. The molecule has 3 nitrogen and oxygen atoms in total. The quantitative estimate of drug-likeness (QED) is 0.881. The summed E-state index contributed by atoms with van der Waals surface area (Å²) in [4.78, 5) is 5.21. The Morgan fingerprint density at radius 3 is 2.94 bits per heavy atom. The molecule has 2 heterocycles. The normalized spacial score (nSPS) is 10.3. The molecule has 2 rings (SSSR count). The Balaban J connectivity index is 1.84. The van der Waals surface area contributed by atoms with Crippen LogP contribution in [0.1, 0.15) is 4.88 Å². The lowest BCUT2D eigenvalue weighted by Crippen LogP contribution is -2.04. The van der Waals surface area contributed by atoms with Gasteiger partial charge >= 0.3 is 0 Å². The lowest BCUT2D eigenvalue weighted by Gasteiger charge is -2.05. The van der Waals surface area contributed by atoms with Gasteiger partial charge in [-0.05, 0) is 24.6 Å². The second-order valence-corrected chi connectivity index (χ2v) is 5.15. The molecule has 0 amide bonds. The van der Waals surface area contributed by atoms with Crippen molar-refractivity contribution in [1.82, 2.24) is 4.98 Å². The van der Waals surface area contributed by atoms with E-state index < -0.39 is 0 Å². The maximum absolute atomic E-state index is 5.85. The van der Waals surface area contributed by atoms with Crippen LogP contribution in [0, 0.1) is 0 Å². The number of nitrogens with two attached hydrogens (primary N) is 1. The smallest absolute Gasteiger partial charge is 0.125 e. The predicted molar refractivity (Wildman–Crippen MR) is 70.2 cm³/mol. The monoisotopic (exact) mass is 253 g/mol. The molecule has 16 heavy (non-hydrogen) atoms. The number of halogens is 1. The molecular formula is C11H12ClN3S. The lowest BCUT2D eigenvalue weighted by atomic mass is 10.3. The summed E-state index contributed by atoms with van der Waals surface area (Å²) in [6.07, 6.45) is 2.65. The van der Waals surface area contributed by atoms with Crippen molar-refractivity contribution in [2.24, 2.45) is 0 Å². The van der Waals surface area contributed by atoms with E-state index in [1.807, 2.05) is 18.2 Å². The third-order valence-electron chi connectivity index (χ3n) is 2.11. The number of rotatable bonds is 4. The van der Waals surface area contributed by atoms with Gasteiger partial charge in [0.2, 0.25) is 0 Å². The second-order valence-electron chi connectivity index (χ2n) is 3.35. The van der Waals surface area contributed by atoms with Crippen LogP contribution in [0.25, 0.3) is 0 Å². The molecule has 0 aliphatic rings. The Kier molecular flexibility index (Phi) is 3.64. The maximum atomic E-state index is 5.85. The van der Waals surface area contributed by atoms with Crippen LogP contribution in [-0.4, -0.2) is 11.5 Å². The van der Waals surface area contributed by atoms with Gasteiger partial charge in [-0.15, -0.1) is 11.3 Å². The fraction of sp³-hybridized carbons (Fsp3) is 0.182. The van der Waals surface area contributed by atoms with E-state index in [9.17, 15) is 0 Å². The molecule has 0 aliphatic carbocycles. The highest BCUT2D eigenvalue weighted by Gasteiger charge is 1.98. The summed E-state index contributed by atoms with van der Waals surface area (Å²) in [6.45, 7) is 0.861. The van der Waals surface area contributed by atoms with E-state index in [2.05, 4.69) is 16.4 Å². The van der Waals surface area contributed by atoms with E-state index in [1.54, 1.807) is 17.5 Å². The molecule has 84 valence electrons. The largest absolute Gasteiger partial charge is 0.385 e.